The van der Waals surface area contributed by atoms with Gasteiger partial charge in [-0.3, -0.25) is 4.79 Å². The van der Waals surface area contributed by atoms with Crippen molar-refractivity contribution >= 4 is 40.6 Å². The quantitative estimate of drug-likeness (QED) is 0.443. The summed E-state index contributed by atoms with van der Waals surface area (Å²) in [6.07, 6.45) is 5.69. The summed E-state index contributed by atoms with van der Waals surface area (Å²) in [6.45, 7) is 5.78. The van der Waals surface area contributed by atoms with E-state index in [0.29, 0.717) is 40.6 Å². The maximum Gasteiger partial charge on any atom is 0.408 e. The van der Waals surface area contributed by atoms with Gasteiger partial charge in [-0.2, -0.15) is 0 Å². The Bertz CT molecular complexity index is 1410. The van der Waals surface area contributed by atoms with Gasteiger partial charge in [0.2, 0.25) is 11.8 Å². The number of carbonyl (C=O) groups is 3. The van der Waals surface area contributed by atoms with Crippen LogP contribution in [0.25, 0.3) is 11.0 Å². The molecule has 1 unspecified atom stereocenters. The van der Waals surface area contributed by atoms with E-state index in [9.17, 15) is 14.4 Å². The number of esters is 1. The highest BCUT2D eigenvalue weighted by Gasteiger charge is 2.54. The van der Waals surface area contributed by atoms with Gasteiger partial charge < -0.3 is 24.4 Å². The predicted molar refractivity (Wildman–Crippen MR) is 160 cm³/mol. The van der Waals surface area contributed by atoms with Crippen LogP contribution in [0.4, 0.5) is 4.79 Å². The van der Waals surface area contributed by atoms with Crippen molar-refractivity contribution < 1.29 is 28.6 Å². The average molecular weight is 613 g/mol. The van der Waals surface area contributed by atoms with Crippen LogP contribution in [0.15, 0.2) is 18.2 Å². The number of aromatic nitrogens is 2. The first kappa shape index (κ1) is 29.9. The number of ether oxygens (including phenoxy) is 3. The van der Waals surface area contributed by atoms with Gasteiger partial charge in [-0.1, -0.05) is 45.2 Å². The van der Waals surface area contributed by atoms with Crippen LogP contribution in [0, 0.1) is 23.2 Å². The van der Waals surface area contributed by atoms with E-state index in [2.05, 4.69) is 5.32 Å². The van der Waals surface area contributed by atoms with E-state index >= 15 is 0 Å². The summed E-state index contributed by atoms with van der Waals surface area (Å²) in [5.41, 5.74) is 1.45. The highest BCUT2D eigenvalue weighted by molar-refractivity contribution is 6.31. The van der Waals surface area contributed by atoms with E-state index in [1.165, 1.54) is 18.4 Å². The minimum absolute atomic E-state index is 0.130. The molecule has 2 aliphatic carbocycles. The Morgan fingerprint density at radius 3 is 2.63 bits per heavy atom. The van der Waals surface area contributed by atoms with Gasteiger partial charge in [0.25, 0.3) is 0 Å². The number of halogens is 1. The highest BCUT2D eigenvalue weighted by Crippen LogP contribution is 2.57. The predicted octanol–water partition coefficient (Wildman–Crippen LogP) is 5.09. The number of hydrogen-bond donors (Lipinski definition) is 1. The first-order chi connectivity index (χ1) is 20.5. The van der Waals surface area contributed by atoms with Crippen LogP contribution in [-0.4, -0.2) is 70.8 Å². The van der Waals surface area contributed by atoms with Crippen molar-refractivity contribution in [3.05, 3.63) is 28.9 Å². The molecule has 6 rings (SSSR count). The number of rotatable bonds is 1. The Labute approximate surface area is 257 Å². The fourth-order valence-electron chi connectivity index (χ4n) is 7.25. The van der Waals surface area contributed by atoms with Gasteiger partial charge in [-0.05, 0) is 73.5 Å². The van der Waals surface area contributed by atoms with Gasteiger partial charge >= 0.3 is 12.1 Å². The van der Waals surface area contributed by atoms with Gasteiger partial charge in [0.1, 0.15) is 30.0 Å². The van der Waals surface area contributed by atoms with E-state index in [1.54, 1.807) is 12.1 Å². The van der Waals surface area contributed by atoms with E-state index in [1.807, 2.05) is 26.8 Å². The van der Waals surface area contributed by atoms with Crippen LogP contribution in [-0.2, 0) is 25.5 Å². The van der Waals surface area contributed by atoms with Crippen LogP contribution in [0.2, 0.25) is 5.02 Å². The number of fused-ring (bicyclic) bond motifs is 7. The van der Waals surface area contributed by atoms with Crippen LogP contribution in [0.1, 0.15) is 71.4 Å². The van der Waals surface area contributed by atoms with Crippen molar-refractivity contribution in [2.75, 3.05) is 13.7 Å². The maximum atomic E-state index is 14.1. The molecule has 4 aliphatic rings. The summed E-state index contributed by atoms with van der Waals surface area (Å²) < 4.78 is 17.5. The molecule has 11 heteroatoms. The number of carbonyl (C=O) groups excluding carboxylic acids is 3. The van der Waals surface area contributed by atoms with Gasteiger partial charge in [-0.25, -0.2) is 19.6 Å². The van der Waals surface area contributed by atoms with Gasteiger partial charge in [0.15, 0.2) is 0 Å². The summed E-state index contributed by atoms with van der Waals surface area (Å²) in [5, 5.41) is 3.42. The molecule has 10 nitrogen and oxygen atoms in total. The standard InChI is InChI=1S/C32H41ClN4O6/c1-32(2,3)27-29(38)37-16-19(15-25(37)30(39)41-4)42-28-23(34-22-11-10-18(33)14-24(22)35-28)9-7-5-6-8-20-21-12-17(21)13-26(20)43-31(40)36-27/h10-11,14,17,19-21,25-27H,5-9,12-13,15-16H2,1-4H3,(H,36,40)/t17?,19-,20-,21+,25+,26-,27-/m1/s1. The molecule has 2 aromatic rings. The van der Waals surface area contributed by atoms with E-state index in [4.69, 9.17) is 35.8 Å². The second-order valence-corrected chi connectivity index (χ2v) is 14.1. The third kappa shape index (κ3) is 6.26. The summed E-state index contributed by atoms with van der Waals surface area (Å²) in [6, 6.07) is 3.61. The second-order valence-electron chi connectivity index (χ2n) is 13.7. The lowest BCUT2D eigenvalue weighted by Gasteiger charge is -2.35. The average Bonchev–Trinajstić information content (AvgIpc) is 3.45. The molecule has 232 valence electrons. The lowest BCUT2D eigenvalue weighted by Crippen LogP contribution is -2.57. The molecule has 7 atom stereocenters. The number of benzene rings is 1. The third-order valence-electron chi connectivity index (χ3n) is 9.58. The Hall–Kier alpha value is -3.14. The van der Waals surface area contributed by atoms with Crippen molar-refractivity contribution in [1.82, 2.24) is 20.2 Å². The number of alkyl carbamates (subject to hydrolysis) is 1. The van der Waals surface area contributed by atoms with Crippen molar-refractivity contribution in [3.63, 3.8) is 0 Å². The molecule has 1 aromatic heterocycles. The van der Waals surface area contributed by atoms with E-state index < -0.39 is 35.7 Å². The zero-order valence-corrected chi connectivity index (χ0v) is 26.1. The van der Waals surface area contributed by atoms with Crippen molar-refractivity contribution in [1.29, 1.82) is 0 Å². The SMILES string of the molecule is COC(=O)[C@@H]1C[C@@H]2CN1C(=O)[C@H](C(C)(C)C)NC(=O)O[C@@H]1CC3C[C@@H]3[C@H]1CCCCCc1nc3ccc(Cl)cc3nc1O2. The molecule has 3 heterocycles. The fourth-order valence-corrected chi connectivity index (χ4v) is 7.42. The number of hydrogen-bond acceptors (Lipinski definition) is 8. The van der Waals surface area contributed by atoms with E-state index in [0.717, 1.165) is 43.3 Å². The van der Waals surface area contributed by atoms with Crippen LogP contribution in [0.3, 0.4) is 0 Å². The number of aryl methyl sites for hydroxylation is 1. The lowest BCUT2D eigenvalue weighted by atomic mass is 9.85. The van der Waals surface area contributed by atoms with Gasteiger partial charge in [0.05, 0.1) is 24.7 Å². The zero-order chi connectivity index (χ0) is 30.5. The number of nitrogens with zero attached hydrogens (tertiary/aromatic N) is 3. The molecule has 2 aliphatic heterocycles. The van der Waals surface area contributed by atoms with Crippen molar-refractivity contribution in [2.24, 2.45) is 23.2 Å². The summed E-state index contributed by atoms with van der Waals surface area (Å²) in [5.74, 6) is 1.05. The minimum atomic E-state index is -0.919. The Balaban J connectivity index is 1.34. The first-order valence-corrected chi connectivity index (χ1v) is 15.9. The smallest absolute Gasteiger partial charge is 0.408 e. The molecule has 43 heavy (non-hydrogen) atoms. The monoisotopic (exact) mass is 612 g/mol. The summed E-state index contributed by atoms with van der Waals surface area (Å²) >= 11 is 6.25. The minimum Gasteiger partial charge on any atom is -0.471 e. The van der Waals surface area contributed by atoms with Gasteiger partial charge in [-0.15, -0.1) is 0 Å². The molecule has 2 amide bonds. The molecule has 2 saturated carbocycles. The Morgan fingerprint density at radius 1 is 1.05 bits per heavy atom. The number of amides is 2. The van der Waals surface area contributed by atoms with Crippen molar-refractivity contribution in [2.45, 2.75) is 96.4 Å². The maximum absolute atomic E-state index is 14.1. The van der Waals surface area contributed by atoms with Crippen LogP contribution in [0.5, 0.6) is 5.88 Å². The molecular weight excluding hydrogens is 572 g/mol. The molecule has 1 N–H and O–H groups in total. The molecule has 0 radical (unpaired) electrons. The Kier molecular flexibility index (Phi) is 8.17. The highest BCUT2D eigenvalue weighted by atomic mass is 35.5. The van der Waals surface area contributed by atoms with E-state index in [-0.39, 0.29) is 25.0 Å². The summed E-state index contributed by atoms with van der Waals surface area (Å²) in [4.78, 5) is 51.4. The zero-order valence-electron chi connectivity index (χ0n) is 25.3. The lowest BCUT2D eigenvalue weighted by molar-refractivity contribution is -0.152. The molecule has 0 spiro atoms. The van der Waals surface area contributed by atoms with Crippen LogP contribution >= 0.6 is 11.6 Å². The topological polar surface area (TPSA) is 120 Å². The Morgan fingerprint density at radius 2 is 1.86 bits per heavy atom. The summed E-state index contributed by atoms with van der Waals surface area (Å²) in [7, 11) is 1.30. The molecule has 1 saturated heterocycles. The normalized spacial score (nSPS) is 31.5. The molecule has 3 fully saturated rings. The molecule has 1 aromatic carbocycles. The number of nitrogens with one attached hydrogen (secondary N) is 1. The van der Waals surface area contributed by atoms with Crippen molar-refractivity contribution in [3.8, 4) is 5.88 Å². The number of methoxy groups -OCH3 is 1. The first-order valence-electron chi connectivity index (χ1n) is 15.5. The van der Waals surface area contributed by atoms with Gasteiger partial charge in [0, 0.05) is 11.4 Å². The fraction of sp³-hybridized carbons (Fsp3) is 0.656. The molecule has 2 bridgehead atoms. The van der Waals surface area contributed by atoms with Crippen LogP contribution < -0.4 is 10.1 Å². The largest absolute Gasteiger partial charge is 0.471 e. The second kappa shape index (κ2) is 11.7. The third-order valence-corrected chi connectivity index (χ3v) is 9.82. The molecular formula is C32H41ClN4O6.